The molecule has 3 aromatic rings. The number of anilines is 1. The van der Waals surface area contributed by atoms with Crippen molar-refractivity contribution in [1.29, 1.82) is 0 Å². The van der Waals surface area contributed by atoms with Gasteiger partial charge in [0.15, 0.2) is 0 Å². The van der Waals surface area contributed by atoms with Gasteiger partial charge in [-0.25, -0.2) is 13.5 Å². The molecule has 0 aliphatic rings. The van der Waals surface area contributed by atoms with Gasteiger partial charge in [-0.15, -0.1) is 0 Å². The zero-order valence-electron chi connectivity index (χ0n) is 12.6. The Kier molecular flexibility index (Phi) is 4.31. The van der Waals surface area contributed by atoms with Gasteiger partial charge in [0.2, 0.25) is 0 Å². The Morgan fingerprint density at radius 2 is 1.83 bits per heavy atom. The first kappa shape index (κ1) is 16.1. The van der Waals surface area contributed by atoms with E-state index in [9.17, 15) is 13.6 Å². The van der Waals surface area contributed by atoms with Gasteiger partial charge in [-0.3, -0.25) is 4.79 Å². The van der Waals surface area contributed by atoms with Crippen LogP contribution < -0.4 is 5.32 Å². The van der Waals surface area contributed by atoms with Crippen LogP contribution in [0.3, 0.4) is 0 Å². The van der Waals surface area contributed by atoms with E-state index in [1.807, 2.05) is 0 Å². The molecule has 122 valence electrons. The van der Waals surface area contributed by atoms with E-state index in [0.29, 0.717) is 17.2 Å². The van der Waals surface area contributed by atoms with Crippen LogP contribution in [-0.4, -0.2) is 15.7 Å². The average molecular weight is 348 g/mol. The Balaban J connectivity index is 1.93. The molecule has 1 heterocycles. The van der Waals surface area contributed by atoms with Crippen molar-refractivity contribution in [2.24, 2.45) is 0 Å². The summed E-state index contributed by atoms with van der Waals surface area (Å²) in [7, 11) is 0. The standard InChI is InChI=1S/C17H12ClF2N3O/c1-10-8-16(23(22-10)13-5-3-12(19)4-6-13)21-17(24)14-7-2-11(18)9-15(14)20/h2-9H,1H3,(H,21,24). The van der Waals surface area contributed by atoms with Gasteiger partial charge in [0.25, 0.3) is 5.91 Å². The molecule has 1 N–H and O–H groups in total. The molecule has 1 aromatic heterocycles. The molecule has 0 fully saturated rings. The Bertz CT molecular complexity index is 907. The molecule has 2 aromatic carbocycles. The molecule has 0 aliphatic heterocycles. The highest BCUT2D eigenvalue weighted by molar-refractivity contribution is 6.30. The number of hydrogen-bond acceptors (Lipinski definition) is 2. The van der Waals surface area contributed by atoms with Crippen LogP contribution in [0.4, 0.5) is 14.6 Å². The minimum atomic E-state index is -0.718. The molecule has 0 saturated heterocycles. The van der Waals surface area contributed by atoms with E-state index < -0.39 is 11.7 Å². The summed E-state index contributed by atoms with van der Waals surface area (Å²) >= 11 is 5.69. The van der Waals surface area contributed by atoms with Crippen molar-refractivity contribution in [1.82, 2.24) is 9.78 Å². The molecule has 1 amide bonds. The van der Waals surface area contributed by atoms with Crippen molar-refractivity contribution in [3.05, 3.63) is 76.4 Å². The van der Waals surface area contributed by atoms with Gasteiger partial charge in [0.05, 0.1) is 16.9 Å². The molecule has 0 atom stereocenters. The third kappa shape index (κ3) is 3.28. The summed E-state index contributed by atoms with van der Waals surface area (Å²) in [4.78, 5) is 12.3. The Labute approximate surface area is 141 Å². The van der Waals surface area contributed by atoms with Crippen molar-refractivity contribution in [3.8, 4) is 5.69 Å². The van der Waals surface area contributed by atoms with Crippen LogP contribution in [0, 0.1) is 18.6 Å². The molecular formula is C17H12ClF2N3O. The van der Waals surface area contributed by atoms with Gasteiger partial charge in [-0.2, -0.15) is 5.10 Å². The van der Waals surface area contributed by atoms with E-state index in [1.54, 1.807) is 13.0 Å². The van der Waals surface area contributed by atoms with Crippen molar-refractivity contribution < 1.29 is 13.6 Å². The molecular weight excluding hydrogens is 336 g/mol. The maximum atomic E-state index is 13.9. The highest BCUT2D eigenvalue weighted by Crippen LogP contribution is 2.20. The highest BCUT2D eigenvalue weighted by Gasteiger charge is 2.16. The fourth-order valence-corrected chi connectivity index (χ4v) is 2.38. The summed E-state index contributed by atoms with van der Waals surface area (Å²) in [6, 6.07) is 11.1. The SMILES string of the molecule is Cc1cc(NC(=O)c2ccc(Cl)cc2F)n(-c2ccc(F)cc2)n1. The first-order valence-corrected chi connectivity index (χ1v) is 7.41. The lowest BCUT2D eigenvalue weighted by Crippen LogP contribution is -2.16. The second-order valence-corrected chi connectivity index (χ2v) is 5.57. The Morgan fingerprint density at radius 3 is 2.50 bits per heavy atom. The van der Waals surface area contributed by atoms with Crippen molar-refractivity contribution in [3.63, 3.8) is 0 Å². The lowest BCUT2D eigenvalue weighted by Gasteiger charge is -2.09. The highest BCUT2D eigenvalue weighted by atomic mass is 35.5. The van der Waals surface area contributed by atoms with E-state index >= 15 is 0 Å². The monoisotopic (exact) mass is 347 g/mol. The number of hydrogen-bond donors (Lipinski definition) is 1. The zero-order valence-corrected chi connectivity index (χ0v) is 13.3. The minimum absolute atomic E-state index is 0.135. The Hall–Kier alpha value is -2.73. The lowest BCUT2D eigenvalue weighted by molar-refractivity contribution is 0.102. The number of amides is 1. The third-order valence-corrected chi connectivity index (χ3v) is 3.56. The van der Waals surface area contributed by atoms with Crippen LogP contribution in [0.1, 0.15) is 16.1 Å². The maximum Gasteiger partial charge on any atom is 0.259 e. The van der Waals surface area contributed by atoms with Crippen LogP contribution in [0.5, 0.6) is 0 Å². The molecule has 0 aliphatic carbocycles. The number of rotatable bonds is 3. The first-order chi connectivity index (χ1) is 11.4. The minimum Gasteiger partial charge on any atom is -0.306 e. The summed E-state index contributed by atoms with van der Waals surface area (Å²) < 4.78 is 28.4. The van der Waals surface area contributed by atoms with Gasteiger partial charge in [0, 0.05) is 11.1 Å². The number of carbonyl (C=O) groups excluding carboxylic acids is 1. The molecule has 0 bridgehead atoms. The maximum absolute atomic E-state index is 13.9. The third-order valence-electron chi connectivity index (χ3n) is 3.32. The fourth-order valence-electron chi connectivity index (χ4n) is 2.22. The van der Waals surface area contributed by atoms with Crippen LogP contribution in [0.15, 0.2) is 48.5 Å². The molecule has 0 radical (unpaired) electrons. The first-order valence-electron chi connectivity index (χ1n) is 7.03. The molecule has 0 unspecified atom stereocenters. The van der Waals surface area contributed by atoms with Gasteiger partial charge >= 0.3 is 0 Å². The molecule has 4 nitrogen and oxygen atoms in total. The Morgan fingerprint density at radius 1 is 1.12 bits per heavy atom. The fraction of sp³-hybridized carbons (Fsp3) is 0.0588. The predicted octanol–water partition coefficient (Wildman–Crippen LogP) is 4.36. The van der Waals surface area contributed by atoms with E-state index in [4.69, 9.17) is 11.6 Å². The molecule has 0 spiro atoms. The molecule has 7 heteroatoms. The second kappa shape index (κ2) is 6.41. The van der Waals surface area contributed by atoms with Crippen molar-refractivity contribution in [2.45, 2.75) is 6.92 Å². The number of nitrogens with zero attached hydrogens (tertiary/aromatic N) is 2. The van der Waals surface area contributed by atoms with E-state index in [1.165, 1.54) is 41.1 Å². The summed E-state index contributed by atoms with van der Waals surface area (Å²) in [5.74, 6) is -1.38. The van der Waals surface area contributed by atoms with E-state index in [0.717, 1.165) is 6.07 Å². The second-order valence-electron chi connectivity index (χ2n) is 5.14. The van der Waals surface area contributed by atoms with Gasteiger partial charge in [0.1, 0.15) is 17.5 Å². The summed E-state index contributed by atoms with van der Waals surface area (Å²) in [5, 5.41) is 7.07. The average Bonchev–Trinajstić information content (AvgIpc) is 2.88. The van der Waals surface area contributed by atoms with Crippen molar-refractivity contribution in [2.75, 3.05) is 5.32 Å². The lowest BCUT2D eigenvalue weighted by atomic mass is 10.2. The summed E-state index contributed by atoms with van der Waals surface area (Å²) in [6.45, 7) is 1.75. The number of nitrogens with one attached hydrogen (secondary N) is 1. The molecule has 3 rings (SSSR count). The van der Waals surface area contributed by atoms with Crippen LogP contribution >= 0.6 is 11.6 Å². The summed E-state index contributed by atoms with van der Waals surface area (Å²) in [5.41, 5.74) is 1.08. The van der Waals surface area contributed by atoms with Crippen LogP contribution in [0.2, 0.25) is 5.02 Å². The number of carbonyl (C=O) groups is 1. The molecule has 24 heavy (non-hydrogen) atoms. The topological polar surface area (TPSA) is 46.9 Å². The van der Waals surface area contributed by atoms with Crippen molar-refractivity contribution >= 4 is 23.3 Å². The smallest absolute Gasteiger partial charge is 0.259 e. The number of halogens is 3. The predicted molar refractivity (Wildman–Crippen MR) is 87.6 cm³/mol. The van der Waals surface area contributed by atoms with E-state index in [-0.39, 0.29) is 16.4 Å². The van der Waals surface area contributed by atoms with E-state index in [2.05, 4.69) is 10.4 Å². The van der Waals surface area contributed by atoms with Crippen LogP contribution in [-0.2, 0) is 0 Å². The largest absolute Gasteiger partial charge is 0.306 e. The quantitative estimate of drug-likeness (QED) is 0.765. The van der Waals surface area contributed by atoms with Gasteiger partial charge < -0.3 is 5.32 Å². The van der Waals surface area contributed by atoms with Crippen LogP contribution in [0.25, 0.3) is 5.69 Å². The zero-order chi connectivity index (χ0) is 17.3. The number of aromatic nitrogens is 2. The normalized spacial score (nSPS) is 10.7. The molecule has 0 saturated carbocycles. The number of benzene rings is 2. The summed E-state index contributed by atoms with van der Waals surface area (Å²) in [6.07, 6.45) is 0. The number of aryl methyl sites for hydroxylation is 1. The van der Waals surface area contributed by atoms with Gasteiger partial charge in [-0.1, -0.05) is 11.6 Å². The van der Waals surface area contributed by atoms with Gasteiger partial charge in [-0.05, 0) is 49.4 Å².